The van der Waals surface area contributed by atoms with Gasteiger partial charge in [-0.25, -0.2) is 0 Å². The molecule has 6 aromatic carbocycles. The van der Waals surface area contributed by atoms with Crippen LogP contribution in [0.15, 0.2) is 84.9 Å². The second-order valence-electron chi connectivity index (χ2n) is 11.9. The summed E-state index contributed by atoms with van der Waals surface area (Å²) in [7, 11) is 0. The lowest BCUT2D eigenvalue weighted by atomic mass is 9.80. The Labute approximate surface area is 207 Å². The van der Waals surface area contributed by atoms with Gasteiger partial charge in [0.2, 0.25) is 0 Å². The van der Waals surface area contributed by atoms with E-state index in [-0.39, 0.29) is 10.8 Å². The molecule has 1 heteroatoms. The molecule has 35 heavy (non-hydrogen) atoms. The van der Waals surface area contributed by atoms with Crippen LogP contribution in [0, 0.1) is 0 Å². The molecule has 0 fully saturated rings. The van der Waals surface area contributed by atoms with Crippen molar-refractivity contribution in [2.45, 2.75) is 52.4 Å². The highest BCUT2D eigenvalue weighted by molar-refractivity contribution is 6.34. The second-order valence-corrected chi connectivity index (χ2v) is 11.9. The maximum atomic E-state index is 6.82. The van der Waals surface area contributed by atoms with Gasteiger partial charge in [0.25, 0.3) is 0 Å². The Kier molecular flexibility index (Phi) is 4.67. The average Bonchev–Trinajstić information content (AvgIpc) is 2.81. The Balaban J connectivity index is 1.67. The van der Waals surface area contributed by atoms with E-state index >= 15 is 0 Å². The smallest absolute Gasteiger partial charge is 0.135 e. The molecule has 0 heterocycles. The minimum absolute atomic E-state index is 0.0364. The third kappa shape index (κ3) is 3.53. The van der Waals surface area contributed by atoms with Gasteiger partial charge < -0.3 is 4.74 Å². The fourth-order valence-electron chi connectivity index (χ4n) is 5.36. The molecule has 0 spiro atoms. The van der Waals surface area contributed by atoms with E-state index in [0.717, 1.165) is 11.5 Å². The quantitative estimate of drug-likeness (QED) is 0.186. The van der Waals surface area contributed by atoms with Gasteiger partial charge in [0.15, 0.2) is 0 Å². The number of fused-ring (bicyclic) bond motifs is 2. The first kappa shape index (κ1) is 21.9. The van der Waals surface area contributed by atoms with Gasteiger partial charge >= 0.3 is 0 Å². The van der Waals surface area contributed by atoms with Gasteiger partial charge in [0.05, 0.1) is 0 Å². The minimum atomic E-state index is 0.0364. The highest BCUT2D eigenvalue weighted by Crippen LogP contribution is 2.45. The summed E-state index contributed by atoms with van der Waals surface area (Å²) in [6.45, 7) is 13.6. The van der Waals surface area contributed by atoms with Gasteiger partial charge in [-0.05, 0) is 72.5 Å². The molecule has 6 aromatic rings. The largest absolute Gasteiger partial charge is 0.457 e. The van der Waals surface area contributed by atoms with Crippen LogP contribution in [0.4, 0.5) is 0 Å². The van der Waals surface area contributed by atoms with Crippen LogP contribution in [0.5, 0.6) is 11.5 Å². The van der Waals surface area contributed by atoms with Gasteiger partial charge in [-0.15, -0.1) is 0 Å². The molecule has 1 nitrogen and oxygen atoms in total. The third-order valence-electron chi connectivity index (χ3n) is 7.34. The van der Waals surface area contributed by atoms with E-state index in [4.69, 9.17) is 4.74 Å². The molecule has 0 aliphatic rings. The van der Waals surface area contributed by atoms with Crippen molar-refractivity contribution >= 4 is 43.1 Å². The Bertz CT molecular complexity index is 1690. The first-order chi connectivity index (χ1) is 16.6. The number of rotatable bonds is 2. The summed E-state index contributed by atoms with van der Waals surface area (Å²) in [6, 6.07) is 31.0. The van der Waals surface area contributed by atoms with Crippen molar-refractivity contribution in [1.82, 2.24) is 0 Å². The summed E-state index contributed by atoms with van der Waals surface area (Å²) in [4.78, 5) is 0. The predicted molar refractivity (Wildman–Crippen MR) is 152 cm³/mol. The molecular formula is C34H32O. The predicted octanol–water partition coefficient (Wildman–Crippen LogP) is 10.1. The zero-order chi connectivity index (χ0) is 24.5. The van der Waals surface area contributed by atoms with Crippen molar-refractivity contribution in [2.75, 3.05) is 0 Å². The van der Waals surface area contributed by atoms with Crippen molar-refractivity contribution < 1.29 is 4.74 Å². The van der Waals surface area contributed by atoms with Crippen LogP contribution in [-0.2, 0) is 10.8 Å². The Hall–Kier alpha value is -3.58. The van der Waals surface area contributed by atoms with Crippen LogP contribution >= 0.6 is 0 Å². The molecule has 6 rings (SSSR count). The third-order valence-corrected chi connectivity index (χ3v) is 7.34. The van der Waals surface area contributed by atoms with Crippen molar-refractivity contribution in [3.63, 3.8) is 0 Å². The summed E-state index contributed by atoms with van der Waals surface area (Å²) < 4.78 is 6.82. The summed E-state index contributed by atoms with van der Waals surface area (Å²) in [5.74, 6) is 1.82. The molecule has 0 radical (unpaired) electrons. The number of ether oxygens (including phenoxy) is 1. The summed E-state index contributed by atoms with van der Waals surface area (Å²) in [5, 5.41) is 10.1. The summed E-state index contributed by atoms with van der Waals surface area (Å²) in [5.41, 5.74) is 2.66. The van der Waals surface area contributed by atoms with E-state index in [0.29, 0.717) is 0 Å². The SMILES string of the molecule is CC(C)(C)c1cc(Oc2ccc3cccc4c5cccc6cccc(c2c34)c65)cc(C(C)(C)C)c1. The molecule has 0 amide bonds. The van der Waals surface area contributed by atoms with Gasteiger partial charge in [0, 0.05) is 10.8 Å². The molecule has 0 bridgehead atoms. The van der Waals surface area contributed by atoms with E-state index in [1.165, 1.54) is 54.2 Å². The molecule has 0 saturated carbocycles. The van der Waals surface area contributed by atoms with Crippen LogP contribution in [0.1, 0.15) is 52.7 Å². The topological polar surface area (TPSA) is 9.23 Å². The standard InChI is InChI=1S/C34H32O/c1-33(2,3)23-18-24(34(4,5)6)20-25(19-23)35-29-17-16-22-12-8-14-27-26-13-7-10-21-11-9-15-28(30(21)26)32(29)31(22)27/h7-20H,1-6H3. The molecular weight excluding hydrogens is 424 g/mol. The van der Waals surface area contributed by atoms with Crippen LogP contribution in [0.25, 0.3) is 43.1 Å². The summed E-state index contributed by atoms with van der Waals surface area (Å²) >= 11 is 0. The molecule has 0 atom stereocenters. The highest BCUT2D eigenvalue weighted by Gasteiger charge is 2.22. The van der Waals surface area contributed by atoms with Gasteiger partial charge in [0.1, 0.15) is 11.5 Å². The Morgan fingerprint density at radius 1 is 0.486 bits per heavy atom. The van der Waals surface area contributed by atoms with Crippen LogP contribution in [0.2, 0.25) is 0 Å². The van der Waals surface area contributed by atoms with Crippen molar-refractivity contribution in [3.8, 4) is 11.5 Å². The Morgan fingerprint density at radius 2 is 1.00 bits per heavy atom. The molecule has 0 aliphatic carbocycles. The number of hydrogen-bond acceptors (Lipinski definition) is 1. The fraction of sp³-hybridized carbons (Fsp3) is 0.235. The van der Waals surface area contributed by atoms with E-state index in [1.54, 1.807) is 0 Å². The molecule has 0 aliphatic heterocycles. The van der Waals surface area contributed by atoms with E-state index in [1.807, 2.05) is 0 Å². The van der Waals surface area contributed by atoms with Gasteiger partial charge in [-0.3, -0.25) is 0 Å². The molecule has 174 valence electrons. The fourth-order valence-corrected chi connectivity index (χ4v) is 5.36. The van der Waals surface area contributed by atoms with Gasteiger partial charge in [-0.2, -0.15) is 0 Å². The number of hydrogen-bond donors (Lipinski definition) is 0. The lowest BCUT2D eigenvalue weighted by molar-refractivity contribution is 0.479. The molecule has 0 aromatic heterocycles. The Morgan fingerprint density at radius 3 is 1.57 bits per heavy atom. The van der Waals surface area contributed by atoms with Gasteiger partial charge in [-0.1, -0.05) is 108 Å². The molecule has 0 N–H and O–H groups in total. The lowest BCUT2D eigenvalue weighted by Gasteiger charge is -2.26. The van der Waals surface area contributed by atoms with Crippen LogP contribution in [0.3, 0.4) is 0 Å². The van der Waals surface area contributed by atoms with Crippen LogP contribution < -0.4 is 4.74 Å². The summed E-state index contributed by atoms with van der Waals surface area (Å²) in [6.07, 6.45) is 0. The second kappa shape index (κ2) is 7.46. The zero-order valence-electron chi connectivity index (χ0n) is 21.5. The first-order valence-electron chi connectivity index (χ1n) is 12.5. The zero-order valence-corrected chi connectivity index (χ0v) is 21.5. The van der Waals surface area contributed by atoms with Crippen molar-refractivity contribution in [3.05, 3.63) is 96.1 Å². The van der Waals surface area contributed by atoms with E-state index in [2.05, 4.69) is 126 Å². The van der Waals surface area contributed by atoms with Crippen LogP contribution in [-0.4, -0.2) is 0 Å². The van der Waals surface area contributed by atoms with E-state index < -0.39 is 0 Å². The molecule has 0 unspecified atom stereocenters. The van der Waals surface area contributed by atoms with Crippen molar-refractivity contribution in [2.24, 2.45) is 0 Å². The monoisotopic (exact) mass is 456 g/mol. The maximum absolute atomic E-state index is 6.82. The average molecular weight is 457 g/mol. The van der Waals surface area contributed by atoms with E-state index in [9.17, 15) is 0 Å². The first-order valence-corrected chi connectivity index (χ1v) is 12.5. The highest BCUT2D eigenvalue weighted by atomic mass is 16.5. The maximum Gasteiger partial charge on any atom is 0.135 e. The lowest BCUT2D eigenvalue weighted by Crippen LogP contribution is -2.16. The molecule has 0 saturated heterocycles. The number of benzene rings is 6. The minimum Gasteiger partial charge on any atom is -0.457 e. The normalized spacial score (nSPS) is 12.9. The van der Waals surface area contributed by atoms with Crippen molar-refractivity contribution in [1.29, 1.82) is 0 Å².